The van der Waals surface area contributed by atoms with Gasteiger partial charge in [0.25, 0.3) is 0 Å². The number of carbonyl (C=O) groups is 2. The molecule has 5 N–H and O–H groups in total. The van der Waals surface area contributed by atoms with Crippen molar-refractivity contribution in [1.82, 2.24) is 4.90 Å². The van der Waals surface area contributed by atoms with Crippen LogP contribution in [-0.4, -0.2) is 167 Å². The summed E-state index contributed by atoms with van der Waals surface area (Å²) >= 11 is 0. The number of nitrogens with zero attached hydrogens (tertiary/aromatic N) is 1. The summed E-state index contributed by atoms with van der Waals surface area (Å²) < 4.78 is 47.2. The highest BCUT2D eigenvalue weighted by molar-refractivity contribution is 5.83. The van der Waals surface area contributed by atoms with Crippen molar-refractivity contribution in [2.45, 2.75) is 206 Å². The van der Waals surface area contributed by atoms with E-state index in [0.29, 0.717) is 6.42 Å². The summed E-state index contributed by atoms with van der Waals surface area (Å²) in [5.41, 5.74) is -4.84. The summed E-state index contributed by atoms with van der Waals surface area (Å²) in [6.07, 6.45) is -9.74. The van der Waals surface area contributed by atoms with Crippen molar-refractivity contribution in [3.05, 3.63) is 0 Å². The molecule has 3 heterocycles. The van der Waals surface area contributed by atoms with Gasteiger partial charge in [0.1, 0.15) is 29.7 Å². The Bertz CT molecular complexity index is 1280. The number of esters is 1. The van der Waals surface area contributed by atoms with Crippen LogP contribution < -0.4 is 0 Å². The molecule has 0 spiro atoms. The third-order valence-corrected chi connectivity index (χ3v) is 12.6. The van der Waals surface area contributed by atoms with E-state index in [1.54, 1.807) is 41.5 Å². The largest absolute Gasteiger partial charge is 0.459 e. The van der Waals surface area contributed by atoms with Gasteiger partial charge in [-0.05, 0) is 95.7 Å². The fourth-order valence-electron chi connectivity index (χ4n) is 8.93. The van der Waals surface area contributed by atoms with Gasteiger partial charge in [0.2, 0.25) is 0 Å². The van der Waals surface area contributed by atoms with E-state index < -0.39 is 108 Å². The topological polar surface area (TPSA) is 212 Å². The minimum absolute atomic E-state index is 0.0370. The van der Waals surface area contributed by atoms with Gasteiger partial charge in [-0.1, -0.05) is 27.7 Å². The number of ether oxygens (including phenoxy) is 8. The average molecular weight is 852 g/mol. The Morgan fingerprint density at radius 3 is 1.93 bits per heavy atom. The first-order valence-corrected chi connectivity index (χ1v) is 21.5. The van der Waals surface area contributed by atoms with E-state index in [0.717, 1.165) is 13.2 Å². The van der Waals surface area contributed by atoms with Gasteiger partial charge < -0.3 is 68.3 Å². The highest BCUT2D eigenvalue weighted by atomic mass is 16.7. The maximum absolute atomic E-state index is 14.1. The van der Waals surface area contributed by atoms with Crippen molar-refractivity contribution < 1.29 is 73.0 Å². The van der Waals surface area contributed by atoms with Crippen LogP contribution in [0.3, 0.4) is 0 Å². The molecular formula is C43H81NO15. The van der Waals surface area contributed by atoms with Crippen molar-refractivity contribution in [1.29, 1.82) is 0 Å². The maximum atomic E-state index is 14.1. The molecule has 0 aromatic rings. The predicted molar refractivity (Wildman–Crippen MR) is 219 cm³/mol. The monoisotopic (exact) mass is 852 g/mol. The molecule has 16 heteroatoms. The molecule has 3 aliphatic rings. The molecule has 0 bridgehead atoms. The summed E-state index contributed by atoms with van der Waals surface area (Å²) in [4.78, 5) is 29.8. The first-order chi connectivity index (χ1) is 27.2. The van der Waals surface area contributed by atoms with Crippen molar-refractivity contribution in [3.8, 4) is 0 Å². The number of Topliss-reactive ketones (excluding diaryl/α,β-unsaturated/α-hetero) is 1. The van der Waals surface area contributed by atoms with Crippen molar-refractivity contribution >= 4 is 11.8 Å². The maximum Gasteiger partial charge on any atom is 0.311 e. The molecule has 3 aliphatic heterocycles. The second-order valence-electron chi connectivity index (χ2n) is 18.0. The van der Waals surface area contributed by atoms with Crippen molar-refractivity contribution in [2.24, 2.45) is 23.7 Å². The number of hydrogen-bond donors (Lipinski definition) is 5. The number of methoxy groups -OCH3 is 1. The number of rotatable bonds is 11. The molecule has 0 aromatic carbocycles. The highest BCUT2D eigenvalue weighted by Gasteiger charge is 2.53. The van der Waals surface area contributed by atoms with Crippen LogP contribution >= 0.6 is 0 Å². The van der Waals surface area contributed by atoms with Gasteiger partial charge in [-0.15, -0.1) is 0 Å². The van der Waals surface area contributed by atoms with Gasteiger partial charge in [0.15, 0.2) is 18.9 Å². The van der Waals surface area contributed by atoms with E-state index in [1.807, 2.05) is 46.7 Å². The Kier molecular flexibility index (Phi) is 20.8. The van der Waals surface area contributed by atoms with E-state index in [-0.39, 0.29) is 37.7 Å². The van der Waals surface area contributed by atoms with Crippen molar-refractivity contribution in [3.63, 3.8) is 0 Å². The lowest BCUT2D eigenvalue weighted by molar-refractivity contribution is -0.318. The van der Waals surface area contributed by atoms with E-state index >= 15 is 0 Å². The summed E-state index contributed by atoms with van der Waals surface area (Å²) in [6, 6.07) is -0.324. The molecule has 348 valence electrons. The molecular weight excluding hydrogens is 770 g/mol. The van der Waals surface area contributed by atoms with Crippen LogP contribution in [0, 0.1) is 23.7 Å². The zero-order valence-electron chi connectivity index (χ0n) is 38.7. The Morgan fingerprint density at radius 2 is 1.42 bits per heavy atom. The zero-order valence-corrected chi connectivity index (χ0v) is 38.7. The molecule has 3 fully saturated rings. The summed E-state index contributed by atoms with van der Waals surface area (Å²) in [6.45, 7) is 23.6. The number of aliphatic hydroxyl groups is 5. The molecule has 0 saturated carbocycles. The Morgan fingerprint density at radius 1 is 0.847 bits per heavy atom. The molecule has 16 nitrogen and oxygen atoms in total. The number of aliphatic hydroxyl groups excluding tert-OH is 3. The smallest absolute Gasteiger partial charge is 0.311 e. The quantitative estimate of drug-likeness (QED) is 0.149. The van der Waals surface area contributed by atoms with Crippen molar-refractivity contribution in [2.75, 3.05) is 34.4 Å². The zero-order chi connectivity index (χ0) is 45.4. The highest BCUT2D eigenvalue weighted by Crippen LogP contribution is 2.40. The average Bonchev–Trinajstić information content (AvgIpc) is 3.16. The van der Waals surface area contributed by atoms with Crippen LogP contribution in [0.5, 0.6) is 0 Å². The van der Waals surface area contributed by atoms with Crippen LogP contribution in [0.25, 0.3) is 0 Å². The Hall–Kier alpha value is -1.38. The molecule has 59 heavy (non-hydrogen) atoms. The number of likely N-dealkylation sites (N-methyl/N-ethyl adjacent to an activating group) is 1. The summed E-state index contributed by atoms with van der Waals surface area (Å²) in [5, 5.41) is 57.6. The Balaban J connectivity index is 0.00000135. The molecule has 0 aliphatic carbocycles. The number of ketones is 1. The second kappa shape index (κ2) is 22.8. The Labute approximate surface area is 353 Å². The number of cyclic esters (lactones) is 1. The lowest BCUT2D eigenvalue weighted by Gasteiger charge is -2.49. The van der Waals surface area contributed by atoms with Crippen LogP contribution in [0.2, 0.25) is 0 Å². The molecule has 0 amide bonds. The molecule has 0 radical (unpaired) electrons. The van der Waals surface area contributed by atoms with Crippen LogP contribution in [-0.2, 0) is 47.5 Å². The lowest BCUT2D eigenvalue weighted by Crippen LogP contribution is -2.61. The summed E-state index contributed by atoms with van der Waals surface area (Å²) in [7, 11) is 5.18. The van der Waals surface area contributed by atoms with Gasteiger partial charge in [-0.3, -0.25) is 9.59 Å². The van der Waals surface area contributed by atoms with E-state index in [9.17, 15) is 35.1 Å². The standard InChI is InChI=1S/C37H67NO13.C6H14O2/c1-14-25-37(10,45)30(41)20(4)27(39)18(2)16-35(8,44)32(51-34-28(40)24(38(11)12)15-19(3)47-34)21(5)29(22(6)33(43)49-25)50-26-17-36(9,46-13)31(42)23(7)48-26;1-4-7-6(3)8-5-2/h18-26,28-32,34,40-42,44-45H,14-17H2,1-13H3;6H,4-5H2,1-3H3/t18-,19-,20+,21+,22-,23+,24+,25-,26+,28-,29+,30-,31+,32-,34+,35-,36-,37-;/m1./s1. The predicted octanol–water partition coefficient (Wildman–Crippen LogP) is 3.19. The lowest BCUT2D eigenvalue weighted by atomic mass is 9.74. The number of hydrogen-bond acceptors (Lipinski definition) is 16. The minimum Gasteiger partial charge on any atom is -0.459 e. The fraction of sp³-hybridized carbons (Fsp3) is 0.953. The normalized spacial score (nSPS) is 44.4. The fourth-order valence-corrected chi connectivity index (χ4v) is 8.93. The molecule has 3 saturated heterocycles. The van der Waals surface area contributed by atoms with E-state index in [4.69, 9.17) is 37.9 Å². The summed E-state index contributed by atoms with van der Waals surface area (Å²) in [5.74, 6) is -4.98. The van der Waals surface area contributed by atoms with Gasteiger partial charge in [0, 0.05) is 50.5 Å². The molecule has 3 rings (SSSR count). The van der Waals surface area contributed by atoms with Gasteiger partial charge in [-0.2, -0.15) is 0 Å². The first-order valence-electron chi connectivity index (χ1n) is 21.5. The molecule has 18 atom stereocenters. The van der Waals surface area contributed by atoms with Gasteiger partial charge >= 0.3 is 5.97 Å². The third kappa shape index (κ3) is 13.6. The van der Waals surface area contributed by atoms with E-state index in [2.05, 4.69) is 0 Å². The molecule has 0 unspecified atom stereocenters. The minimum atomic E-state index is -1.99. The van der Waals surface area contributed by atoms with E-state index in [1.165, 1.54) is 27.9 Å². The first kappa shape index (κ1) is 53.8. The van der Waals surface area contributed by atoms with Crippen LogP contribution in [0.4, 0.5) is 0 Å². The number of carbonyl (C=O) groups excluding carboxylic acids is 2. The third-order valence-electron chi connectivity index (χ3n) is 12.6. The van der Waals surface area contributed by atoms with Crippen LogP contribution in [0.1, 0.15) is 116 Å². The SMILES string of the molecule is CCOC(C)OCC.CC[C@H]1OC(=O)[C@H](C)[C@@H](O[C@H]2C[C@@](C)(OC)[C@@H](O)[C@H](C)O2)[C@H](C)[C@@H](O[C@@H]2O[C@H](C)C[C@H](N(C)C)[C@H]2O)[C@](C)(O)C[C@@H](C)C(=O)[C@H](C)[C@@H](O)[C@]1(C)O. The second-order valence-corrected chi connectivity index (χ2v) is 18.0. The van der Waals surface area contributed by atoms with Crippen LogP contribution in [0.15, 0.2) is 0 Å². The molecule has 0 aromatic heterocycles. The van der Waals surface area contributed by atoms with Gasteiger partial charge in [-0.25, -0.2) is 0 Å². The van der Waals surface area contributed by atoms with Gasteiger partial charge in [0.05, 0.1) is 47.6 Å².